The van der Waals surface area contributed by atoms with Crippen molar-refractivity contribution in [2.75, 3.05) is 5.33 Å². The van der Waals surface area contributed by atoms with E-state index in [1.165, 1.54) is 23.1 Å². The van der Waals surface area contributed by atoms with Crippen molar-refractivity contribution < 1.29 is 0 Å². The number of halogens is 1. The molecule has 0 heterocycles. The summed E-state index contributed by atoms with van der Waals surface area (Å²) in [5.41, 5.74) is 4.60. The van der Waals surface area contributed by atoms with Crippen molar-refractivity contribution in [2.24, 2.45) is 0 Å². The first-order valence-corrected chi connectivity index (χ1v) is 7.19. The second kappa shape index (κ2) is 5.35. The van der Waals surface area contributed by atoms with Crippen molar-refractivity contribution >= 4 is 15.9 Å². The van der Waals surface area contributed by atoms with E-state index in [2.05, 4.69) is 68.7 Å². The molecule has 0 radical (unpaired) electrons. The Morgan fingerprint density at radius 3 is 2.31 bits per heavy atom. The highest BCUT2D eigenvalue weighted by Crippen LogP contribution is 2.30. The molecule has 0 saturated carbocycles. The molecule has 0 saturated heterocycles. The zero-order valence-electron chi connectivity index (χ0n) is 11.1. The van der Waals surface area contributed by atoms with Crippen LogP contribution in [0, 0.1) is 6.92 Å². The van der Waals surface area contributed by atoms with Crippen LogP contribution in [0.2, 0.25) is 0 Å². The predicted molar refractivity (Wildman–Crippen MR) is 76.7 cm³/mol. The molecule has 0 aliphatic heterocycles. The Hall–Kier alpha value is -0.300. The number of benzene rings is 1. The Morgan fingerprint density at radius 2 is 1.88 bits per heavy atom. The van der Waals surface area contributed by atoms with E-state index in [4.69, 9.17) is 0 Å². The van der Waals surface area contributed by atoms with Gasteiger partial charge in [0.05, 0.1) is 0 Å². The smallest absolute Gasteiger partial charge is 0.0100 e. The lowest BCUT2D eigenvalue weighted by Gasteiger charge is -2.23. The average molecular weight is 283 g/mol. The minimum Gasteiger partial charge on any atom is -0.0921 e. The molecule has 1 heteroatoms. The summed E-state index contributed by atoms with van der Waals surface area (Å²) in [6, 6.07) is 6.92. The summed E-state index contributed by atoms with van der Waals surface area (Å²) in [6.45, 7) is 11.3. The van der Waals surface area contributed by atoms with Crippen LogP contribution in [0.4, 0.5) is 0 Å². The zero-order valence-corrected chi connectivity index (χ0v) is 12.7. The maximum Gasteiger partial charge on any atom is 0.0100 e. The minimum absolute atomic E-state index is 0.243. The van der Waals surface area contributed by atoms with E-state index in [1.54, 1.807) is 0 Å². The summed E-state index contributed by atoms with van der Waals surface area (Å²) in [5.74, 6) is 0.641. The SMILES string of the molecule is CCC(CBr)c1cc(C(C)(C)C)ccc1C. The van der Waals surface area contributed by atoms with E-state index in [9.17, 15) is 0 Å². The molecule has 16 heavy (non-hydrogen) atoms. The quantitative estimate of drug-likeness (QED) is 0.670. The molecule has 0 aliphatic carbocycles. The summed E-state index contributed by atoms with van der Waals surface area (Å²) in [6.07, 6.45) is 1.19. The van der Waals surface area contributed by atoms with Crippen LogP contribution in [0.25, 0.3) is 0 Å². The number of hydrogen-bond acceptors (Lipinski definition) is 0. The lowest BCUT2D eigenvalue weighted by atomic mass is 9.83. The number of alkyl halides is 1. The Kier molecular flexibility index (Phi) is 4.61. The van der Waals surface area contributed by atoms with Crippen molar-refractivity contribution in [1.29, 1.82) is 0 Å². The van der Waals surface area contributed by atoms with Gasteiger partial charge < -0.3 is 0 Å². The van der Waals surface area contributed by atoms with Gasteiger partial charge in [0.2, 0.25) is 0 Å². The van der Waals surface area contributed by atoms with Crippen LogP contribution >= 0.6 is 15.9 Å². The van der Waals surface area contributed by atoms with Gasteiger partial charge in [-0.15, -0.1) is 0 Å². The van der Waals surface area contributed by atoms with Crippen LogP contribution in [0.1, 0.15) is 56.7 Å². The largest absolute Gasteiger partial charge is 0.0921 e. The van der Waals surface area contributed by atoms with Gasteiger partial charge in [-0.2, -0.15) is 0 Å². The molecule has 90 valence electrons. The van der Waals surface area contributed by atoms with Gasteiger partial charge in [-0.1, -0.05) is 61.8 Å². The normalized spacial score (nSPS) is 13.9. The van der Waals surface area contributed by atoms with Gasteiger partial charge in [0.1, 0.15) is 0 Å². The molecule has 1 aromatic rings. The highest BCUT2D eigenvalue weighted by Gasteiger charge is 2.17. The third-order valence-corrected chi connectivity index (χ3v) is 4.05. The van der Waals surface area contributed by atoms with E-state index < -0.39 is 0 Å². The third kappa shape index (κ3) is 3.10. The van der Waals surface area contributed by atoms with Gasteiger partial charge in [0, 0.05) is 5.33 Å². The lowest BCUT2D eigenvalue weighted by Crippen LogP contribution is -2.13. The molecule has 0 spiro atoms. The third-order valence-electron chi connectivity index (χ3n) is 3.26. The highest BCUT2D eigenvalue weighted by molar-refractivity contribution is 9.09. The molecule has 0 aliphatic rings. The van der Waals surface area contributed by atoms with Crippen LogP contribution in [0.3, 0.4) is 0 Å². The van der Waals surface area contributed by atoms with E-state index in [1.807, 2.05) is 0 Å². The molecule has 0 nitrogen and oxygen atoms in total. The summed E-state index contributed by atoms with van der Waals surface area (Å²) >= 11 is 3.62. The van der Waals surface area contributed by atoms with Crippen molar-refractivity contribution in [1.82, 2.24) is 0 Å². The lowest BCUT2D eigenvalue weighted by molar-refractivity contribution is 0.587. The maximum atomic E-state index is 3.62. The fraction of sp³-hybridized carbons (Fsp3) is 0.600. The van der Waals surface area contributed by atoms with Crippen molar-refractivity contribution in [3.05, 3.63) is 34.9 Å². The Labute approximate surface area is 109 Å². The summed E-state index contributed by atoms with van der Waals surface area (Å²) in [5, 5.41) is 1.05. The first-order valence-electron chi connectivity index (χ1n) is 6.07. The first kappa shape index (κ1) is 13.8. The fourth-order valence-electron chi connectivity index (χ4n) is 1.96. The van der Waals surface area contributed by atoms with E-state index in [0.29, 0.717) is 5.92 Å². The number of hydrogen-bond donors (Lipinski definition) is 0. The molecule has 0 N–H and O–H groups in total. The second-order valence-electron chi connectivity index (χ2n) is 5.58. The Bertz CT molecular complexity index is 343. The monoisotopic (exact) mass is 282 g/mol. The fourth-order valence-corrected chi connectivity index (χ4v) is 2.77. The van der Waals surface area contributed by atoms with E-state index in [-0.39, 0.29) is 5.41 Å². The van der Waals surface area contributed by atoms with Gasteiger partial charge >= 0.3 is 0 Å². The average Bonchev–Trinajstić information content (AvgIpc) is 2.20. The topological polar surface area (TPSA) is 0 Å². The Balaban J connectivity index is 3.18. The maximum absolute atomic E-state index is 3.62. The first-order chi connectivity index (χ1) is 7.40. The molecule has 0 amide bonds. The summed E-state index contributed by atoms with van der Waals surface area (Å²) in [4.78, 5) is 0. The van der Waals surface area contributed by atoms with Crippen LogP contribution in [0.15, 0.2) is 18.2 Å². The zero-order chi connectivity index (χ0) is 12.3. The molecule has 1 rings (SSSR count). The van der Waals surface area contributed by atoms with Gasteiger partial charge in [0.25, 0.3) is 0 Å². The van der Waals surface area contributed by atoms with Crippen LogP contribution in [0.5, 0.6) is 0 Å². The molecule has 1 unspecified atom stereocenters. The van der Waals surface area contributed by atoms with Gasteiger partial charge in [-0.3, -0.25) is 0 Å². The highest BCUT2D eigenvalue weighted by atomic mass is 79.9. The standard InChI is InChI=1S/C15H23Br/c1-6-12(10-16)14-9-13(15(3,4)5)8-7-11(14)2/h7-9,12H,6,10H2,1-5H3. The number of rotatable bonds is 3. The predicted octanol–water partition coefficient (Wildman–Crippen LogP) is 5.18. The van der Waals surface area contributed by atoms with Crippen molar-refractivity contribution in [3.8, 4) is 0 Å². The minimum atomic E-state index is 0.243. The van der Waals surface area contributed by atoms with Crippen LogP contribution < -0.4 is 0 Å². The van der Waals surface area contributed by atoms with E-state index in [0.717, 1.165) is 5.33 Å². The molecule has 1 atom stereocenters. The molecule has 0 bridgehead atoms. The van der Waals surface area contributed by atoms with Crippen molar-refractivity contribution in [2.45, 2.75) is 52.4 Å². The van der Waals surface area contributed by atoms with Crippen molar-refractivity contribution in [3.63, 3.8) is 0 Å². The molecule has 1 aromatic carbocycles. The summed E-state index contributed by atoms with van der Waals surface area (Å²) in [7, 11) is 0. The van der Waals surface area contributed by atoms with Gasteiger partial charge in [-0.25, -0.2) is 0 Å². The molecular formula is C15H23Br. The molecular weight excluding hydrogens is 260 g/mol. The second-order valence-corrected chi connectivity index (χ2v) is 6.23. The van der Waals surface area contributed by atoms with Gasteiger partial charge in [-0.05, 0) is 41.4 Å². The van der Waals surface area contributed by atoms with E-state index >= 15 is 0 Å². The van der Waals surface area contributed by atoms with Crippen LogP contribution in [-0.2, 0) is 5.41 Å². The van der Waals surface area contributed by atoms with Gasteiger partial charge in [0.15, 0.2) is 0 Å². The molecule has 0 fully saturated rings. The van der Waals surface area contributed by atoms with Crippen LogP contribution in [-0.4, -0.2) is 5.33 Å². The number of aryl methyl sites for hydroxylation is 1. The Morgan fingerprint density at radius 1 is 1.25 bits per heavy atom. The molecule has 0 aromatic heterocycles. The summed E-state index contributed by atoms with van der Waals surface area (Å²) < 4.78 is 0.